The van der Waals surface area contributed by atoms with Gasteiger partial charge in [0.05, 0.1) is 59.6 Å². The fraction of sp³-hybridized carbons (Fsp3) is 0.278. The van der Waals surface area contributed by atoms with Gasteiger partial charge in [-0.25, -0.2) is 23.9 Å². The van der Waals surface area contributed by atoms with Crippen molar-refractivity contribution >= 4 is 95.0 Å². The molecule has 10 rings (SSSR count). The van der Waals surface area contributed by atoms with E-state index in [1.165, 1.54) is 73.8 Å². The Kier molecular flexibility index (Phi) is 20.0. The van der Waals surface area contributed by atoms with Gasteiger partial charge in [-0.1, -0.05) is 11.8 Å². The molecule has 0 fully saturated rings. The van der Waals surface area contributed by atoms with E-state index in [1.807, 2.05) is 11.8 Å². The Morgan fingerprint density at radius 3 is 1.35 bits per heavy atom. The van der Waals surface area contributed by atoms with Crippen LogP contribution in [0.2, 0.25) is 0 Å². The Labute approximate surface area is 458 Å². The molecular formula is C54H64Cl2N9O6S3+. The van der Waals surface area contributed by atoms with E-state index >= 15 is 0 Å². The molecule has 6 aliphatic rings. The second-order valence-electron chi connectivity index (χ2n) is 18.3. The maximum Gasteiger partial charge on any atom is 1.00 e. The predicted octanol–water partition coefficient (Wildman–Crippen LogP) is 1.74. The van der Waals surface area contributed by atoms with Crippen molar-refractivity contribution in [2.24, 2.45) is 0 Å². The van der Waals surface area contributed by atoms with Crippen LogP contribution in [0.5, 0.6) is 0 Å². The summed E-state index contributed by atoms with van der Waals surface area (Å²) in [6, 6.07) is 38.7. The van der Waals surface area contributed by atoms with Gasteiger partial charge in [0.2, 0.25) is 16.5 Å². The van der Waals surface area contributed by atoms with Gasteiger partial charge in [0, 0.05) is 113 Å². The molecule has 0 aromatic heterocycles. The van der Waals surface area contributed by atoms with Crippen LogP contribution in [0.4, 0.5) is 34.1 Å². The van der Waals surface area contributed by atoms with E-state index in [2.05, 4.69) is 233 Å². The number of esters is 1. The van der Waals surface area contributed by atoms with Crippen LogP contribution in [0.15, 0.2) is 131 Å². The van der Waals surface area contributed by atoms with E-state index in [9.17, 15) is 4.79 Å². The lowest BCUT2D eigenvalue weighted by atomic mass is 10.2. The summed E-state index contributed by atoms with van der Waals surface area (Å²) in [6.07, 6.45) is -2.78. The van der Waals surface area contributed by atoms with Crippen molar-refractivity contribution in [1.29, 1.82) is 0 Å². The molecule has 0 amide bonds. The highest BCUT2D eigenvalue weighted by Gasteiger charge is 2.38. The summed E-state index contributed by atoms with van der Waals surface area (Å²) in [5.74, 6) is -2.78. The third kappa shape index (κ3) is 13.7. The number of aromatic nitrogens is 2. The number of rotatable bonds is 6. The Hall–Kier alpha value is -6.38. The molecular weight excluding hydrogens is 1040 g/mol. The van der Waals surface area contributed by atoms with E-state index in [4.69, 9.17) is 30.4 Å². The summed E-state index contributed by atoms with van der Waals surface area (Å²) in [5, 5.41) is 41.0. The molecule has 4 aliphatic heterocycles. The topological polar surface area (TPSA) is 164 Å². The van der Waals surface area contributed by atoms with E-state index < -0.39 is 36.3 Å². The lowest BCUT2D eigenvalue weighted by molar-refractivity contribution is -0.147. The average molecular weight is 1100 g/mol. The number of ether oxygens (including phenoxy) is 1. The molecule has 4 aromatic carbocycles. The Bertz CT molecular complexity index is 3200. The largest absolute Gasteiger partial charge is 1.00 e. The van der Waals surface area contributed by atoms with Crippen molar-refractivity contribution in [2.75, 3.05) is 116 Å². The van der Waals surface area contributed by atoms with Crippen LogP contribution in [0.25, 0.3) is 41.6 Å². The summed E-state index contributed by atoms with van der Waals surface area (Å²) in [7, 11) is 24.8. The van der Waals surface area contributed by atoms with Gasteiger partial charge in [0.1, 0.15) is 34.3 Å². The summed E-state index contributed by atoms with van der Waals surface area (Å²) in [5.41, 5.74) is 11.5. The molecule has 0 saturated heterocycles. The number of carbonyl (C=O) groups is 1. The van der Waals surface area contributed by atoms with Crippen molar-refractivity contribution < 1.29 is 56.2 Å². The van der Waals surface area contributed by atoms with Crippen molar-refractivity contribution in [2.45, 2.75) is 22.0 Å². The molecule has 0 radical (unpaired) electrons. The fourth-order valence-corrected chi connectivity index (χ4v) is 10.5. The molecule has 4 heterocycles. The van der Waals surface area contributed by atoms with E-state index in [0.29, 0.717) is 0 Å². The maximum absolute atomic E-state index is 10.5. The molecule has 20 heteroatoms. The smallest absolute Gasteiger partial charge is 1.00 e. The standard InChI is InChI=1S/C16H19N3S.2C16H18N3S.C6H8O6.2ClH/c3*1-18(2)11-5-7-13-15(9-11)20-16-10-12(19(3)4)6-8-14(16)17-13;7-1-2(8)5-3(9)4(10)6(11)12-5;;/h5-10,17H,1-4H3;2*5-10H,1-4H3;2,5,7-10H,1H2;2*1H/q;2*+1;;;/p-1/t;;;2-,5?;;/m...0../s1. The maximum atomic E-state index is 10.5. The quantitative estimate of drug-likeness (QED) is 0.0931. The zero-order valence-corrected chi connectivity index (χ0v) is 47.4. The molecule has 2 atom stereocenters. The van der Waals surface area contributed by atoms with Crippen molar-refractivity contribution in [3.63, 3.8) is 0 Å². The van der Waals surface area contributed by atoms with Gasteiger partial charge in [-0.3, -0.25) is 0 Å². The number of fused-ring (bicyclic) bond motifs is 6. The van der Waals surface area contributed by atoms with Crippen LogP contribution in [0.1, 0.15) is 1.43 Å². The van der Waals surface area contributed by atoms with E-state index in [0.717, 1.165) is 22.4 Å². The molecule has 0 saturated carbocycles. The van der Waals surface area contributed by atoms with Crippen molar-refractivity contribution in [3.05, 3.63) is 131 Å². The van der Waals surface area contributed by atoms with Crippen LogP contribution < -0.4 is 69.6 Å². The van der Waals surface area contributed by atoms with Crippen LogP contribution in [-0.2, 0) is 9.53 Å². The van der Waals surface area contributed by atoms with Crippen LogP contribution in [-0.4, -0.2) is 140 Å². The van der Waals surface area contributed by atoms with Crippen molar-refractivity contribution in [3.8, 4) is 21.1 Å². The molecule has 392 valence electrons. The minimum absolute atomic E-state index is 0. The highest BCUT2D eigenvalue weighted by Crippen LogP contribution is 2.46. The summed E-state index contributed by atoms with van der Waals surface area (Å²) >= 11 is 5.43. The van der Waals surface area contributed by atoms with Crippen LogP contribution in [0, 0.1) is 0 Å². The minimum Gasteiger partial charge on any atom is -1.00 e. The molecule has 0 spiro atoms. The normalized spacial score (nSPS) is 13.4. The van der Waals surface area contributed by atoms with Gasteiger partial charge in [-0.15, -0.1) is 22.7 Å². The SMILES string of the molecule is CN(C)c1ccc2c(c1)Sc1cc(N(C)C)ccc1N2.CN(C)c1ccc2nc3ccc(=[N+](C)C)cc-3sc2c1.CN(C)c1ccc2nc3ccc(=[N+](C)C)cc-3sc2c1.O=C1OC([C@@H](O)CO)C(O)=C1O.[Cl-].[Cl-].[H+]. The molecule has 2 aliphatic carbocycles. The third-order valence-electron chi connectivity index (χ3n) is 11.7. The molecule has 5 N–H and O–H groups in total. The number of nitrogens with one attached hydrogen (secondary N) is 1. The van der Waals surface area contributed by atoms with Crippen LogP contribution in [0.3, 0.4) is 0 Å². The second-order valence-corrected chi connectivity index (χ2v) is 21.6. The first kappa shape index (κ1) is 58.5. The Morgan fingerprint density at radius 2 is 1.00 bits per heavy atom. The number of carbonyl (C=O) groups excluding carboxylic acids is 1. The first-order valence-corrected chi connectivity index (χ1v) is 25.4. The van der Waals surface area contributed by atoms with Gasteiger partial charge in [0.25, 0.3) is 0 Å². The zero-order chi connectivity index (χ0) is 52.1. The summed E-state index contributed by atoms with van der Waals surface area (Å²) in [6.45, 7) is -0.671. The highest BCUT2D eigenvalue weighted by atomic mass is 35.5. The lowest BCUT2D eigenvalue weighted by Crippen LogP contribution is -3.00. The number of halogens is 2. The first-order valence-electron chi connectivity index (χ1n) is 23.0. The number of benzene rings is 6. The number of aliphatic hydroxyl groups excluding tert-OH is 4. The third-order valence-corrected chi connectivity index (χ3v) is 15.0. The zero-order valence-electron chi connectivity index (χ0n) is 44.4. The molecule has 0 bridgehead atoms. The second kappa shape index (κ2) is 25.2. The molecule has 1 unspecified atom stereocenters. The predicted molar refractivity (Wildman–Crippen MR) is 301 cm³/mol. The monoisotopic (exact) mass is 1100 g/mol. The number of hydrogen-bond donors (Lipinski definition) is 5. The Morgan fingerprint density at radius 1 is 0.608 bits per heavy atom. The van der Waals surface area contributed by atoms with Gasteiger partial charge >= 0.3 is 7.40 Å². The number of anilines is 6. The molecule has 4 aromatic rings. The highest BCUT2D eigenvalue weighted by molar-refractivity contribution is 7.99. The number of hydrogen-bond acceptors (Lipinski definition) is 16. The van der Waals surface area contributed by atoms with Crippen LogP contribution >= 0.6 is 34.4 Å². The van der Waals surface area contributed by atoms with Gasteiger partial charge in [0.15, 0.2) is 11.9 Å². The number of aliphatic hydroxyl groups is 4. The average Bonchev–Trinajstić information content (AvgIpc) is 3.62. The Balaban J connectivity index is 0.000000217. The van der Waals surface area contributed by atoms with Gasteiger partial charge < -0.3 is 74.9 Å². The van der Waals surface area contributed by atoms with Gasteiger partial charge in [-0.2, -0.15) is 0 Å². The van der Waals surface area contributed by atoms with Gasteiger partial charge in [-0.05, 0) is 84.9 Å². The number of cyclic esters (lactones) is 1. The minimum atomic E-state index is -1.42. The molecule has 74 heavy (non-hydrogen) atoms. The van der Waals surface area contributed by atoms with Crippen molar-refractivity contribution in [1.82, 2.24) is 19.1 Å². The number of nitrogens with zero attached hydrogens (tertiary/aromatic N) is 8. The lowest BCUT2D eigenvalue weighted by Gasteiger charge is -2.24. The first-order chi connectivity index (χ1) is 34.2. The summed E-state index contributed by atoms with van der Waals surface area (Å²) < 4.78 is 11.0. The van der Waals surface area contributed by atoms with E-state index in [1.54, 1.807) is 22.7 Å². The summed E-state index contributed by atoms with van der Waals surface area (Å²) in [4.78, 5) is 33.5. The fourth-order valence-electron chi connectivity index (χ4n) is 7.36. The van der Waals surface area contributed by atoms with E-state index in [-0.39, 0.29) is 26.2 Å². The molecule has 15 nitrogen and oxygen atoms in total.